The van der Waals surface area contributed by atoms with Gasteiger partial charge in [-0.1, -0.05) is 19.8 Å². The van der Waals surface area contributed by atoms with Gasteiger partial charge in [0.25, 0.3) is 0 Å². The Labute approximate surface area is 82.3 Å². The molecule has 0 saturated heterocycles. The maximum atomic E-state index is 5.27. The van der Waals surface area contributed by atoms with E-state index in [-0.39, 0.29) is 0 Å². The molecule has 0 radical (unpaired) electrons. The van der Waals surface area contributed by atoms with Gasteiger partial charge in [0.15, 0.2) is 0 Å². The minimum absolute atomic E-state index is 0.486. The molecule has 0 heterocycles. The first-order valence-electron chi connectivity index (χ1n) is 5.42. The molecule has 0 aromatic rings. The lowest BCUT2D eigenvalue weighted by molar-refractivity contribution is 0.285. The molecule has 0 aromatic carbocycles. The second-order valence-electron chi connectivity index (χ2n) is 4.44. The number of hydrogen-bond acceptors (Lipinski definition) is 1. The van der Waals surface area contributed by atoms with E-state index in [1.807, 2.05) is 0 Å². The maximum absolute atomic E-state index is 5.27. The fourth-order valence-corrected chi connectivity index (χ4v) is 2.22. The van der Waals surface area contributed by atoms with E-state index in [1.54, 1.807) is 0 Å². The van der Waals surface area contributed by atoms with Gasteiger partial charge in [0.05, 0.1) is 0 Å². The Balaban J connectivity index is 2.24. The summed E-state index contributed by atoms with van der Waals surface area (Å²) in [4.78, 5) is 0. The average molecular weight is 179 g/mol. The van der Waals surface area contributed by atoms with Gasteiger partial charge in [-0.2, -0.15) is 0 Å². The maximum Gasteiger partial charge on any atom is 0.0238 e. The molecular weight excluding hydrogens is 158 g/mol. The molecule has 1 aliphatic carbocycles. The Morgan fingerprint density at radius 3 is 2.92 bits per heavy atom. The standard InChI is InChI=1S/C12H21N/c1-4-6-11(3)13-12-8-5-7-10(2)9-12/h1,10-13H,5-9H2,2-3H3. The molecule has 1 nitrogen and oxygen atoms in total. The van der Waals surface area contributed by atoms with Crippen molar-refractivity contribution in [3.8, 4) is 12.3 Å². The first kappa shape index (κ1) is 10.6. The van der Waals surface area contributed by atoms with Crippen LogP contribution in [0.25, 0.3) is 0 Å². The van der Waals surface area contributed by atoms with Crippen molar-refractivity contribution in [3.63, 3.8) is 0 Å². The Morgan fingerprint density at radius 2 is 2.31 bits per heavy atom. The van der Waals surface area contributed by atoms with Crippen molar-refractivity contribution in [2.75, 3.05) is 0 Å². The van der Waals surface area contributed by atoms with E-state index in [4.69, 9.17) is 6.42 Å². The summed E-state index contributed by atoms with van der Waals surface area (Å²) in [5.74, 6) is 3.60. The molecule has 0 spiro atoms. The Hall–Kier alpha value is -0.480. The van der Waals surface area contributed by atoms with Crippen LogP contribution < -0.4 is 5.32 Å². The molecule has 1 heteroatoms. The molecule has 0 bridgehead atoms. The predicted octanol–water partition coefficient (Wildman–Crippen LogP) is 2.57. The smallest absolute Gasteiger partial charge is 0.0238 e. The second kappa shape index (κ2) is 5.29. The highest BCUT2D eigenvalue weighted by atomic mass is 14.9. The quantitative estimate of drug-likeness (QED) is 0.657. The van der Waals surface area contributed by atoms with Gasteiger partial charge in [0.2, 0.25) is 0 Å². The highest BCUT2D eigenvalue weighted by Gasteiger charge is 2.19. The fourth-order valence-electron chi connectivity index (χ4n) is 2.22. The molecule has 3 atom stereocenters. The van der Waals surface area contributed by atoms with Crippen LogP contribution in [0.4, 0.5) is 0 Å². The summed E-state index contributed by atoms with van der Waals surface area (Å²) in [5.41, 5.74) is 0. The third-order valence-corrected chi connectivity index (χ3v) is 2.88. The van der Waals surface area contributed by atoms with E-state index >= 15 is 0 Å². The lowest BCUT2D eigenvalue weighted by Gasteiger charge is -2.29. The summed E-state index contributed by atoms with van der Waals surface area (Å²) in [7, 11) is 0. The largest absolute Gasteiger partial charge is 0.311 e. The Kier molecular flexibility index (Phi) is 4.32. The number of nitrogens with one attached hydrogen (secondary N) is 1. The number of rotatable bonds is 3. The fraction of sp³-hybridized carbons (Fsp3) is 0.833. The van der Waals surface area contributed by atoms with Gasteiger partial charge in [0.1, 0.15) is 0 Å². The predicted molar refractivity (Wildman–Crippen MR) is 57.5 cm³/mol. The topological polar surface area (TPSA) is 12.0 Å². The molecule has 0 aromatic heterocycles. The molecule has 1 saturated carbocycles. The molecule has 1 aliphatic rings. The van der Waals surface area contributed by atoms with Gasteiger partial charge in [-0.15, -0.1) is 12.3 Å². The monoisotopic (exact) mass is 179 g/mol. The summed E-state index contributed by atoms with van der Waals surface area (Å²) < 4.78 is 0. The first-order valence-corrected chi connectivity index (χ1v) is 5.42. The normalized spacial score (nSPS) is 30.8. The first-order chi connectivity index (χ1) is 6.22. The average Bonchev–Trinajstić information content (AvgIpc) is 2.04. The van der Waals surface area contributed by atoms with Crippen LogP contribution in [0.5, 0.6) is 0 Å². The van der Waals surface area contributed by atoms with Crippen molar-refractivity contribution < 1.29 is 0 Å². The van der Waals surface area contributed by atoms with E-state index in [1.165, 1.54) is 25.7 Å². The molecule has 3 unspecified atom stereocenters. The van der Waals surface area contributed by atoms with Gasteiger partial charge in [-0.25, -0.2) is 0 Å². The summed E-state index contributed by atoms with van der Waals surface area (Å²) in [5, 5.41) is 3.61. The van der Waals surface area contributed by atoms with Crippen molar-refractivity contribution in [2.24, 2.45) is 5.92 Å². The molecule has 74 valence electrons. The van der Waals surface area contributed by atoms with Gasteiger partial charge >= 0.3 is 0 Å². The molecular formula is C12H21N. The molecule has 0 amide bonds. The minimum atomic E-state index is 0.486. The van der Waals surface area contributed by atoms with E-state index in [9.17, 15) is 0 Å². The van der Waals surface area contributed by atoms with Crippen LogP contribution in [0.15, 0.2) is 0 Å². The minimum Gasteiger partial charge on any atom is -0.311 e. The van der Waals surface area contributed by atoms with Crippen LogP contribution in [0.3, 0.4) is 0 Å². The van der Waals surface area contributed by atoms with E-state index in [0.29, 0.717) is 12.1 Å². The SMILES string of the molecule is C#CCC(C)NC1CCCC(C)C1. The van der Waals surface area contributed by atoms with Gasteiger partial charge in [-0.05, 0) is 25.7 Å². The highest BCUT2D eigenvalue weighted by Crippen LogP contribution is 2.23. The van der Waals surface area contributed by atoms with E-state index in [0.717, 1.165) is 12.3 Å². The Bertz CT molecular complexity index is 180. The zero-order chi connectivity index (χ0) is 9.68. The van der Waals surface area contributed by atoms with Crippen LogP contribution in [-0.2, 0) is 0 Å². The summed E-state index contributed by atoms with van der Waals surface area (Å²) in [6.07, 6.45) is 11.6. The van der Waals surface area contributed by atoms with Crippen LogP contribution >= 0.6 is 0 Å². The van der Waals surface area contributed by atoms with Crippen molar-refractivity contribution in [1.29, 1.82) is 0 Å². The third kappa shape index (κ3) is 3.83. The lowest BCUT2D eigenvalue weighted by atomic mass is 9.87. The molecule has 0 aliphatic heterocycles. The van der Waals surface area contributed by atoms with Crippen molar-refractivity contribution in [3.05, 3.63) is 0 Å². The van der Waals surface area contributed by atoms with Crippen LogP contribution in [0.2, 0.25) is 0 Å². The molecule has 1 rings (SSSR count). The van der Waals surface area contributed by atoms with Crippen LogP contribution in [0.1, 0.15) is 46.0 Å². The van der Waals surface area contributed by atoms with Crippen LogP contribution in [-0.4, -0.2) is 12.1 Å². The van der Waals surface area contributed by atoms with Gasteiger partial charge < -0.3 is 5.32 Å². The third-order valence-electron chi connectivity index (χ3n) is 2.88. The second-order valence-corrected chi connectivity index (χ2v) is 4.44. The molecule has 13 heavy (non-hydrogen) atoms. The van der Waals surface area contributed by atoms with Crippen LogP contribution in [0, 0.1) is 18.3 Å². The number of terminal acetylenes is 1. The lowest BCUT2D eigenvalue weighted by Crippen LogP contribution is -2.39. The zero-order valence-electron chi connectivity index (χ0n) is 8.84. The van der Waals surface area contributed by atoms with Crippen molar-refractivity contribution >= 4 is 0 Å². The summed E-state index contributed by atoms with van der Waals surface area (Å²) in [6, 6.07) is 1.20. The van der Waals surface area contributed by atoms with E-state index < -0.39 is 0 Å². The summed E-state index contributed by atoms with van der Waals surface area (Å²) in [6.45, 7) is 4.53. The number of hydrogen-bond donors (Lipinski definition) is 1. The van der Waals surface area contributed by atoms with Gasteiger partial charge in [-0.3, -0.25) is 0 Å². The highest BCUT2D eigenvalue weighted by molar-refractivity contribution is 4.89. The molecule has 1 fully saturated rings. The summed E-state index contributed by atoms with van der Waals surface area (Å²) >= 11 is 0. The molecule has 1 N–H and O–H groups in total. The Morgan fingerprint density at radius 1 is 1.54 bits per heavy atom. The zero-order valence-corrected chi connectivity index (χ0v) is 8.84. The van der Waals surface area contributed by atoms with E-state index in [2.05, 4.69) is 25.1 Å². The van der Waals surface area contributed by atoms with Gasteiger partial charge in [0, 0.05) is 18.5 Å². The van der Waals surface area contributed by atoms with Crippen molar-refractivity contribution in [1.82, 2.24) is 5.32 Å². The van der Waals surface area contributed by atoms with Crippen molar-refractivity contribution in [2.45, 2.75) is 58.0 Å².